The van der Waals surface area contributed by atoms with Crippen LogP contribution in [-0.4, -0.2) is 10.1 Å². The predicted molar refractivity (Wildman–Crippen MR) is 90.9 cm³/mol. The highest BCUT2D eigenvalue weighted by molar-refractivity contribution is 8.13. The molecule has 22 heavy (non-hydrogen) atoms. The minimum absolute atomic E-state index is 0.00515. The summed E-state index contributed by atoms with van der Waals surface area (Å²) in [6, 6.07) is 16.4. The van der Waals surface area contributed by atoms with Crippen molar-refractivity contribution in [2.45, 2.75) is 18.7 Å². The van der Waals surface area contributed by atoms with Crippen molar-refractivity contribution in [1.82, 2.24) is 0 Å². The minimum atomic E-state index is -0.408. The molecular formula is C16H17N3O2S. The molecule has 114 valence electrons. The first kappa shape index (κ1) is 16.0. The number of aliphatic imine (C=N–C) groups is 1. The van der Waals surface area contributed by atoms with E-state index >= 15 is 0 Å². The van der Waals surface area contributed by atoms with Gasteiger partial charge in [0.05, 0.1) is 11.0 Å². The lowest BCUT2D eigenvalue weighted by Gasteiger charge is -2.08. The fourth-order valence-corrected chi connectivity index (χ4v) is 2.65. The number of nitrogens with zero attached hydrogens (tertiary/aromatic N) is 2. The standard InChI is InChI=1S/C16H17N3O2S/c1-12(14-5-3-2-4-6-14)18-16(17)22-11-13-7-9-15(10-8-13)19(20)21/h2-10,12H,11H2,1H3,(H2,17,18)/t12-/m1/s1. The van der Waals surface area contributed by atoms with Crippen LogP contribution in [0.2, 0.25) is 0 Å². The van der Waals surface area contributed by atoms with Crippen LogP contribution in [0.25, 0.3) is 0 Å². The van der Waals surface area contributed by atoms with Gasteiger partial charge in [-0.1, -0.05) is 54.2 Å². The number of benzene rings is 2. The van der Waals surface area contributed by atoms with E-state index in [1.807, 2.05) is 37.3 Å². The molecule has 0 unspecified atom stereocenters. The second-order valence-electron chi connectivity index (χ2n) is 4.77. The fourth-order valence-electron chi connectivity index (χ4n) is 1.91. The summed E-state index contributed by atoms with van der Waals surface area (Å²) in [6.45, 7) is 1.99. The van der Waals surface area contributed by atoms with E-state index in [0.717, 1.165) is 11.1 Å². The van der Waals surface area contributed by atoms with Gasteiger partial charge in [0, 0.05) is 17.9 Å². The Labute approximate surface area is 133 Å². The maximum atomic E-state index is 10.6. The van der Waals surface area contributed by atoms with Crippen LogP contribution in [0.5, 0.6) is 0 Å². The zero-order valence-electron chi connectivity index (χ0n) is 12.2. The molecular weight excluding hydrogens is 298 g/mol. The van der Waals surface area contributed by atoms with Crippen molar-refractivity contribution < 1.29 is 4.92 Å². The molecule has 6 heteroatoms. The van der Waals surface area contributed by atoms with Crippen LogP contribution in [0, 0.1) is 10.1 Å². The number of nitro benzene ring substituents is 1. The third-order valence-corrected chi connectivity index (χ3v) is 4.02. The Bertz CT molecular complexity index is 657. The number of thioether (sulfide) groups is 1. The maximum absolute atomic E-state index is 10.6. The molecule has 0 fully saturated rings. The van der Waals surface area contributed by atoms with Crippen LogP contribution in [-0.2, 0) is 5.75 Å². The second kappa shape index (κ2) is 7.61. The van der Waals surface area contributed by atoms with E-state index in [4.69, 9.17) is 5.73 Å². The van der Waals surface area contributed by atoms with Crippen LogP contribution in [0.3, 0.4) is 0 Å². The molecule has 0 heterocycles. The minimum Gasteiger partial charge on any atom is -0.379 e. The smallest absolute Gasteiger partial charge is 0.269 e. The lowest BCUT2D eigenvalue weighted by molar-refractivity contribution is -0.384. The van der Waals surface area contributed by atoms with E-state index in [1.165, 1.54) is 23.9 Å². The predicted octanol–water partition coefficient (Wildman–Crippen LogP) is 3.90. The van der Waals surface area contributed by atoms with Crippen molar-refractivity contribution in [1.29, 1.82) is 0 Å². The monoisotopic (exact) mass is 315 g/mol. The van der Waals surface area contributed by atoms with Gasteiger partial charge in [0.2, 0.25) is 0 Å². The van der Waals surface area contributed by atoms with E-state index in [9.17, 15) is 10.1 Å². The topological polar surface area (TPSA) is 81.5 Å². The van der Waals surface area contributed by atoms with Gasteiger partial charge in [-0.25, -0.2) is 0 Å². The van der Waals surface area contributed by atoms with Gasteiger partial charge < -0.3 is 5.73 Å². The SMILES string of the molecule is C[C@@H](N=C(N)SCc1ccc([N+](=O)[O-])cc1)c1ccccc1. The Morgan fingerprint density at radius 3 is 2.45 bits per heavy atom. The molecule has 0 bridgehead atoms. The van der Waals surface area contributed by atoms with E-state index in [1.54, 1.807) is 12.1 Å². The van der Waals surface area contributed by atoms with Gasteiger partial charge >= 0.3 is 0 Å². The summed E-state index contributed by atoms with van der Waals surface area (Å²) in [6.07, 6.45) is 0. The molecule has 0 radical (unpaired) electrons. The lowest BCUT2D eigenvalue weighted by atomic mass is 10.1. The Kier molecular flexibility index (Phi) is 5.55. The number of hydrogen-bond acceptors (Lipinski definition) is 4. The summed E-state index contributed by atoms with van der Waals surface area (Å²) in [5.74, 6) is 0.634. The van der Waals surface area contributed by atoms with Crippen molar-refractivity contribution in [3.63, 3.8) is 0 Å². The van der Waals surface area contributed by atoms with Gasteiger partial charge in [0.25, 0.3) is 5.69 Å². The quantitative estimate of drug-likeness (QED) is 0.392. The van der Waals surface area contributed by atoms with Crippen LogP contribution in [0.4, 0.5) is 5.69 Å². The first-order valence-corrected chi connectivity index (χ1v) is 7.79. The Morgan fingerprint density at radius 1 is 1.23 bits per heavy atom. The van der Waals surface area contributed by atoms with Crippen molar-refractivity contribution in [3.05, 3.63) is 75.8 Å². The molecule has 2 N–H and O–H groups in total. The molecule has 2 aromatic rings. The number of nitrogens with two attached hydrogens (primary N) is 1. The van der Waals surface area contributed by atoms with Crippen molar-refractivity contribution in [2.75, 3.05) is 0 Å². The summed E-state index contributed by atoms with van der Waals surface area (Å²) in [5, 5.41) is 11.1. The second-order valence-corrected chi connectivity index (χ2v) is 5.76. The van der Waals surface area contributed by atoms with Gasteiger partial charge in [-0.3, -0.25) is 15.1 Å². The highest BCUT2D eigenvalue weighted by Crippen LogP contribution is 2.20. The van der Waals surface area contributed by atoms with Gasteiger partial charge in [-0.15, -0.1) is 0 Å². The Balaban J connectivity index is 1.93. The molecule has 0 spiro atoms. The third-order valence-electron chi connectivity index (χ3n) is 3.14. The average Bonchev–Trinajstić information content (AvgIpc) is 2.54. The maximum Gasteiger partial charge on any atom is 0.269 e. The van der Waals surface area contributed by atoms with Crippen LogP contribution < -0.4 is 5.73 Å². The summed E-state index contributed by atoms with van der Waals surface area (Å²) < 4.78 is 0. The molecule has 0 saturated heterocycles. The summed E-state index contributed by atoms with van der Waals surface area (Å²) in [4.78, 5) is 14.6. The first-order chi connectivity index (χ1) is 10.6. The zero-order chi connectivity index (χ0) is 15.9. The molecule has 0 aliphatic rings. The molecule has 0 amide bonds. The van der Waals surface area contributed by atoms with Gasteiger partial charge in [0.1, 0.15) is 0 Å². The number of rotatable bonds is 5. The molecule has 2 aromatic carbocycles. The van der Waals surface area contributed by atoms with Crippen LogP contribution in [0.15, 0.2) is 59.6 Å². The van der Waals surface area contributed by atoms with Crippen molar-refractivity contribution in [2.24, 2.45) is 10.7 Å². The molecule has 0 aliphatic heterocycles. The van der Waals surface area contributed by atoms with E-state index in [-0.39, 0.29) is 11.7 Å². The Morgan fingerprint density at radius 2 is 1.86 bits per heavy atom. The van der Waals surface area contributed by atoms with Crippen molar-refractivity contribution in [3.8, 4) is 0 Å². The summed E-state index contributed by atoms with van der Waals surface area (Å²) in [5.41, 5.74) is 8.12. The van der Waals surface area contributed by atoms with Crippen LogP contribution in [0.1, 0.15) is 24.1 Å². The molecule has 0 aliphatic carbocycles. The van der Waals surface area contributed by atoms with Gasteiger partial charge in [-0.2, -0.15) is 0 Å². The zero-order valence-corrected chi connectivity index (χ0v) is 13.0. The van der Waals surface area contributed by atoms with Gasteiger partial charge in [-0.05, 0) is 18.1 Å². The summed E-state index contributed by atoms with van der Waals surface area (Å²) in [7, 11) is 0. The average molecular weight is 315 g/mol. The summed E-state index contributed by atoms with van der Waals surface area (Å²) >= 11 is 1.42. The van der Waals surface area contributed by atoms with E-state index < -0.39 is 4.92 Å². The number of non-ortho nitro benzene ring substituents is 1. The number of amidine groups is 1. The Hall–Kier alpha value is -2.34. The first-order valence-electron chi connectivity index (χ1n) is 6.80. The highest BCUT2D eigenvalue weighted by Gasteiger charge is 2.06. The molecule has 5 nitrogen and oxygen atoms in total. The number of nitro groups is 1. The third kappa shape index (κ3) is 4.60. The van der Waals surface area contributed by atoms with Crippen molar-refractivity contribution >= 4 is 22.6 Å². The van der Waals surface area contributed by atoms with Crippen LogP contribution >= 0.6 is 11.8 Å². The molecule has 0 saturated carbocycles. The molecule has 2 rings (SSSR count). The fraction of sp³-hybridized carbons (Fsp3) is 0.188. The van der Waals surface area contributed by atoms with Gasteiger partial charge in [0.15, 0.2) is 5.17 Å². The number of hydrogen-bond donors (Lipinski definition) is 1. The molecule has 1 atom stereocenters. The normalized spacial score (nSPS) is 12.9. The lowest BCUT2D eigenvalue weighted by Crippen LogP contribution is -2.09. The largest absolute Gasteiger partial charge is 0.379 e. The van der Waals surface area contributed by atoms with E-state index in [2.05, 4.69) is 4.99 Å². The van der Waals surface area contributed by atoms with E-state index in [0.29, 0.717) is 10.9 Å². The molecule has 0 aromatic heterocycles. The highest BCUT2D eigenvalue weighted by atomic mass is 32.2.